The first kappa shape index (κ1) is 18.1. The molecule has 0 saturated carbocycles. The molecule has 0 aliphatic rings. The van der Waals surface area contributed by atoms with Crippen LogP contribution in [0.4, 0.5) is 0 Å². The van der Waals surface area contributed by atoms with Crippen LogP contribution in [-0.2, 0) is 12.8 Å². The number of benzene rings is 1. The summed E-state index contributed by atoms with van der Waals surface area (Å²) in [5.74, 6) is 0.395. The van der Waals surface area contributed by atoms with Gasteiger partial charge in [0, 0.05) is 9.99 Å². The third kappa shape index (κ3) is 6.55. The molecule has 0 amide bonds. The SMILES string of the molecule is CC(C)=CCC/C(C)=C/Cc1c(O)cc(CCI)cc1O. The van der Waals surface area contributed by atoms with Gasteiger partial charge in [-0.3, -0.25) is 0 Å². The topological polar surface area (TPSA) is 40.5 Å². The van der Waals surface area contributed by atoms with Crippen molar-refractivity contribution in [1.82, 2.24) is 0 Å². The summed E-state index contributed by atoms with van der Waals surface area (Å²) in [4.78, 5) is 0. The van der Waals surface area contributed by atoms with Crippen LogP contribution < -0.4 is 0 Å². The first-order valence-corrected chi connectivity index (χ1v) is 8.85. The Kier molecular flexibility index (Phi) is 7.86. The van der Waals surface area contributed by atoms with Gasteiger partial charge in [-0.2, -0.15) is 0 Å². The lowest BCUT2D eigenvalue weighted by atomic mass is 10.0. The average Bonchev–Trinajstić information content (AvgIpc) is 2.37. The zero-order chi connectivity index (χ0) is 15.8. The zero-order valence-electron chi connectivity index (χ0n) is 13.1. The van der Waals surface area contributed by atoms with Crippen LogP contribution in [0.15, 0.2) is 35.4 Å². The maximum Gasteiger partial charge on any atom is 0.123 e. The summed E-state index contributed by atoms with van der Waals surface area (Å²) < 4.78 is 0.972. The number of phenolic OH excluding ortho intramolecular Hbond substituents is 2. The zero-order valence-corrected chi connectivity index (χ0v) is 15.3. The Morgan fingerprint density at radius 1 is 1.10 bits per heavy atom. The molecule has 116 valence electrons. The largest absolute Gasteiger partial charge is 0.508 e. The van der Waals surface area contributed by atoms with Gasteiger partial charge in [-0.25, -0.2) is 0 Å². The third-order valence-electron chi connectivity index (χ3n) is 3.39. The Morgan fingerprint density at radius 2 is 1.71 bits per heavy atom. The number of aryl methyl sites for hydroxylation is 1. The molecule has 0 aliphatic carbocycles. The monoisotopic (exact) mass is 400 g/mol. The predicted octanol–water partition coefficient (Wildman–Crippen LogP) is 5.31. The van der Waals surface area contributed by atoms with Crippen molar-refractivity contribution in [2.75, 3.05) is 4.43 Å². The molecule has 0 radical (unpaired) electrons. The van der Waals surface area contributed by atoms with Gasteiger partial charge in [-0.15, -0.1) is 0 Å². The second-order valence-electron chi connectivity index (χ2n) is 5.63. The molecule has 2 N–H and O–H groups in total. The van der Waals surface area contributed by atoms with Crippen molar-refractivity contribution in [3.05, 3.63) is 46.6 Å². The number of hydrogen-bond donors (Lipinski definition) is 2. The summed E-state index contributed by atoms with van der Waals surface area (Å²) >= 11 is 2.29. The van der Waals surface area contributed by atoms with Gasteiger partial charge >= 0.3 is 0 Å². The van der Waals surface area contributed by atoms with Crippen LogP contribution in [0.5, 0.6) is 11.5 Å². The van der Waals surface area contributed by atoms with Crippen molar-refractivity contribution < 1.29 is 10.2 Å². The minimum atomic E-state index is 0.197. The van der Waals surface area contributed by atoms with Crippen molar-refractivity contribution in [2.24, 2.45) is 0 Å². The maximum atomic E-state index is 10.1. The fraction of sp³-hybridized carbons (Fsp3) is 0.444. The number of aromatic hydroxyl groups is 2. The molecule has 0 fully saturated rings. The van der Waals surface area contributed by atoms with E-state index in [0.29, 0.717) is 12.0 Å². The van der Waals surface area contributed by atoms with Gasteiger partial charge in [-0.1, -0.05) is 45.9 Å². The molecular weight excluding hydrogens is 375 g/mol. The molecule has 0 spiro atoms. The van der Waals surface area contributed by atoms with E-state index in [2.05, 4.69) is 55.5 Å². The molecule has 1 aromatic rings. The number of allylic oxidation sites excluding steroid dienone is 4. The molecule has 0 bridgehead atoms. The molecule has 0 saturated heterocycles. The van der Waals surface area contributed by atoms with E-state index in [4.69, 9.17) is 0 Å². The molecule has 0 heterocycles. The summed E-state index contributed by atoms with van der Waals surface area (Å²) in [7, 11) is 0. The summed E-state index contributed by atoms with van der Waals surface area (Å²) in [5.41, 5.74) is 4.22. The second-order valence-corrected chi connectivity index (χ2v) is 6.71. The van der Waals surface area contributed by atoms with Gasteiger partial charge < -0.3 is 10.2 Å². The van der Waals surface area contributed by atoms with Gasteiger partial charge in [0.1, 0.15) is 11.5 Å². The number of phenols is 2. The van der Waals surface area contributed by atoms with E-state index in [1.807, 2.05) is 0 Å². The predicted molar refractivity (Wildman–Crippen MR) is 98.5 cm³/mol. The van der Waals surface area contributed by atoms with E-state index in [9.17, 15) is 10.2 Å². The second kappa shape index (κ2) is 9.13. The van der Waals surface area contributed by atoms with Gasteiger partial charge in [0.15, 0.2) is 0 Å². The van der Waals surface area contributed by atoms with E-state index in [1.54, 1.807) is 12.1 Å². The third-order valence-corrected chi connectivity index (χ3v) is 3.93. The molecule has 2 nitrogen and oxygen atoms in total. The summed E-state index contributed by atoms with van der Waals surface area (Å²) in [6.45, 7) is 6.30. The van der Waals surface area contributed by atoms with Crippen molar-refractivity contribution in [2.45, 2.75) is 46.5 Å². The van der Waals surface area contributed by atoms with Gasteiger partial charge in [0.05, 0.1) is 0 Å². The Bertz CT molecular complexity index is 503. The number of alkyl halides is 1. The van der Waals surface area contributed by atoms with Crippen LogP contribution >= 0.6 is 22.6 Å². The van der Waals surface area contributed by atoms with Crippen molar-refractivity contribution in [1.29, 1.82) is 0 Å². The van der Waals surface area contributed by atoms with Crippen LogP contribution in [-0.4, -0.2) is 14.6 Å². The summed E-state index contributed by atoms with van der Waals surface area (Å²) in [6.07, 6.45) is 7.80. The fourth-order valence-corrected chi connectivity index (χ4v) is 2.75. The quantitative estimate of drug-likeness (QED) is 0.370. The van der Waals surface area contributed by atoms with E-state index in [-0.39, 0.29) is 11.5 Å². The molecule has 0 aliphatic heterocycles. The molecule has 1 aromatic carbocycles. The smallest absolute Gasteiger partial charge is 0.123 e. The lowest BCUT2D eigenvalue weighted by Gasteiger charge is -2.09. The normalized spacial score (nSPS) is 11.5. The number of rotatable bonds is 7. The van der Waals surface area contributed by atoms with Crippen LogP contribution in [0, 0.1) is 0 Å². The highest BCUT2D eigenvalue weighted by Gasteiger charge is 2.08. The highest BCUT2D eigenvalue weighted by molar-refractivity contribution is 14.1. The minimum absolute atomic E-state index is 0.197. The first-order chi connectivity index (χ1) is 9.93. The van der Waals surface area contributed by atoms with E-state index >= 15 is 0 Å². The molecular formula is C18H25IO2. The van der Waals surface area contributed by atoms with Crippen molar-refractivity contribution >= 4 is 22.6 Å². The minimum Gasteiger partial charge on any atom is -0.508 e. The average molecular weight is 400 g/mol. The molecule has 0 unspecified atom stereocenters. The Labute approximate surface area is 141 Å². The summed E-state index contributed by atoms with van der Waals surface area (Å²) in [5, 5.41) is 20.1. The lowest BCUT2D eigenvalue weighted by Crippen LogP contribution is -1.91. The molecule has 3 heteroatoms. The van der Waals surface area contributed by atoms with Crippen LogP contribution in [0.2, 0.25) is 0 Å². The highest BCUT2D eigenvalue weighted by atomic mass is 127. The first-order valence-electron chi connectivity index (χ1n) is 7.32. The van der Waals surface area contributed by atoms with Crippen molar-refractivity contribution in [3.63, 3.8) is 0 Å². The number of halogens is 1. The van der Waals surface area contributed by atoms with Gasteiger partial charge in [-0.05, 0) is 64.2 Å². The van der Waals surface area contributed by atoms with Crippen LogP contribution in [0.25, 0.3) is 0 Å². The lowest BCUT2D eigenvalue weighted by molar-refractivity contribution is 0.439. The molecule has 21 heavy (non-hydrogen) atoms. The Hall–Kier alpha value is -0.970. The van der Waals surface area contributed by atoms with Crippen molar-refractivity contribution in [3.8, 4) is 11.5 Å². The molecule has 0 atom stereocenters. The standard InChI is InChI=1S/C18H25IO2/c1-13(2)5-4-6-14(3)7-8-16-17(20)11-15(9-10-19)12-18(16)21/h5,7,11-12,20-21H,4,6,8-10H2,1-3H3/b14-7+. The maximum absolute atomic E-state index is 10.1. The Morgan fingerprint density at radius 3 is 2.24 bits per heavy atom. The summed E-state index contributed by atoms with van der Waals surface area (Å²) in [6, 6.07) is 3.53. The molecule has 0 aromatic heterocycles. The van der Waals surface area contributed by atoms with Crippen LogP contribution in [0.1, 0.15) is 44.7 Å². The van der Waals surface area contributed by atoms with Crippen LogP contribution in [0.3, 0.4) is 0 Å². The van der Waals surface area contributed by atoms with Gasteiger partial charge in [0.25, 0.3) is 0 Å². The highest BCUT2D eigenvalue weighted by Crippen LogP contribution is 2.30. The number of hydrogen-bond acceptors (Lipinski definition) is 2. The van der Waals surface area contributed by atoms with E-state index in [0.717, 1.165) is 29.3 Å². The Balaban J connectivity index is 2.72. The van der Waals surface area contributed by atoms with Gasteiger partial charge in [0.2, 0.25) is 0 Å². The van der Waals surface area contributed by atoms with E-state index < -0.39 is 0 Å². The molecule has 1 rings (SSSR count). The van der Waals surface area contributed by atoms with E-state index in [1.165, 1.54) is 11.1 Å². The fourth-order valence-electron chi connectivity index (χ4n) is 2.13.